The molecule has 2 heterocycles. The Morgan fingerprint density at radius 1 is 1.26 bits per heavy atom. The van der Waals surface area contributed by atoms with Gasteiger partial charge in [-0.15, -0.1) is 0 Å². The molecule has 142 valence electrons. The third-order valence-corrected chi connectivity index (χ3v) is 5.72. The third-order valence-electron chi connectivity index (χ3n) is 4.53. The van der Waals surface area contributed by atoms with Crippen LogP contribution in [0.2, 0.25) is 0 Å². The highest BCUT2D eigenvalue weighted by molar-refractivity contribution is 7.90. The molecule has 0 atom stereocenters. The molecule has 0 amide bonds. The molecule has 0 radical (unpaired) electrons. The van der Waals surface area contributed by atoms with Crippen LogP contribution in [0.5, 0.6) is 0 Å². The molecule has 8 nitrogen and oxygen atoms in total. The number of carbonyl (C=O) groups is 1. The van der Waals surface area contributed by atoms with Crippen molar-refractivity contribution < 1.29 is 13.2 Å². The van der Waals surface area contributed by atoms with Crippen molar-refractivity contribution in [1.29, 1.82) is 0 Å². The second-order valence-electron chi connectivity index (χ2n) is 6.50. The predicted molar refractivity (Wildman–Crippen MR) is 99.8 cm³/mol. The van der Waals surface area contributed by atoms with E-state index >= 15 is 0 Å². The number of benzene rings is 1. The predicted octanol–water partition coefficient (Wildman–Crippen LogP) is 1.21. The van der Waals surface area contributed by atoms with Crippen LogP contribution in [0.1, 0.15) is 32.7 Å². The van der Waals surface area contributed by atoms with E-state index in [1.54, 1.807) is 37.0 Å². The quantitative estimate of drug-likeness (QED) is 0.661. The van der Waals surface area contributed by atoms with E-state index in [0.29, 0.717) is 22.4 Å². The van der Waals surface area contributed by atoms with Crippen molar-refractivity contribution in [1.82, 2.24) is 19.6 Å². The van der Waals surface area contributed by atoms with Crippen LogP contribution < -0.4 is 5.56 Å². The van der Waals surface area contributed by atoms with E-state index < -0.39 is 21.2 Å². The van der Waals surface area contributed by atoms with Crippen LogP contribution in [-0.4, -0.2) is 40.0 Å². The molecule has 1 aromatic carbocycles. The minimum Gasteiger partial charge on any atom is -0.299 e. The number of H-pyrrole nitrogens is 1. The number of hydrogen-bond acceptors (Lipinski definition) is 5. The van der Waals surface area contributed by atoms with Crippen LogP contribution in [0.4, 0.5) is 0 Å². The molecule has 0 fully saturated rings. The minimum atomic E-state index is -3.50. The smallest absolute Gasteiger partial charge is 0.277 e. The van der Waals surface area contributed by atoms with Gasteiger partial charge in [-0.2, -0.15) is 5.10 Å². The number of ketones is 1. The molecule has 9 heteroatoms. The van der Waals surface area contributed by atoms with Crippen LogP contribution >= 0.6 is 0 Å². The maximum Gasteiger partial charge on any atom is 0.277 e. The Balaban J connectivity index is 2.20. The number of rotatable bonds is 5. The van der Waals surface area contributed by atoms with Gasteiger partial charge in [0.15, 0.2) is 9.84 Å². The molecule has 27 heavy (non-hydrogen) atoms. The van der Waals surface area contributed by atoms with Crippen molar-refractivity contribution in [2.45, 2.75) is 25.3 Å². The van der Waals surface area contributed by atoms with Crippen LogP contribution in [0.25, 0.3) is 0 Å². The lowest BCUT2D eigenvalue weighted by molar-refractivity contribution is 0.103. The summed E-state index contributed by atoms with van der Waals surface area (Å²) in [5, 5.41) is 6.92. The van der Waals surface area contributed by atoms with Crippen molar-refractivity contribution >= 4 is 15.6 Å². The SMILES string of the molecule is Cc1[nH]n(C)c(=O)c1C(=O)c1ccc(S(C)(=O)=O)c(Cn2cccn2)c1C. The number of aryl methyl sites for hydroxylation is 2. The number of aromatic nitrogens is 4. The zero-order valence-electron chi connectivity index (χ0n) is 15.5. The van der Waals surface area contributed by atoms with E-state index in [1.807, 2.05) is 0 Å². The molecule has 0 aliphatic rings. The van der Waals surface area contributed by atoms with E-state index in [0.717, 1.165) is 6.26 Å². The maximum absolute atomic E-state index is 13.0. The highest BCUT2D eigenvalue weighted by Crippen LogP contribution is 2.25. The topological polar surface area (TPSA) is 107 Å². The van der Waals surface area contributed by atoms with Crippen LogP contribution in [0.15, 0.2) is 40.3 Å². The van der Waals surface area contributed by atoms with Gasteiger partial charge in [-0.3, -0.25) is 24.1 Å². The minimum absolute atomic E-state index is 0.0535. The highest BCUT2D eigenvalue weighted by atomic mass is 32.2. The average molecular weight is 388 g/mol. The second-order valence-corrected chi connectivity index (χ2v) is 8.48. The first-order valence-corrected chi connectivity index (χ1v) is 10.1. The summed E-state index contributed by atoms with van der Waals surface area (Å²) in [5.41, 5.74) is 1.39. The van der Waals surface area contributed by atoms with Crippen LogP contribution in [0.3, 0.4) is 0 Å². The second kappa shape index (κ2) is 6.66. The van der Waals surface area contributed by atoms with E-state index in [2.05, 4.69) is 10.2 Å². The molecular formula is C18H20N4O4S. The summed E-state index contributed by atoms with van der Waals surface area (Å²) in [6.45, 7) is 3.54. The normalized spacial score (nSPS) is 11.7. The Kier molecular flexibility index (Phi) is 4.64. The molecule has 3 aromatic rings. The Bertz CT molecular complexity index is 1180. The fourth-order valence-corrected chi connectivity index (χ4v) is 4.15. The summed E-state index contributed by atoms with van der Waals surface area (Å²) in [6, 6.07) is 4.62. The van der Waals surface area contributed by atoms with E-state index in [4.69, 9.17) is 0 Å². The van der Waals surface area contributed by atoms with Crippen molar-refractivity contribution in [3.8, 4) is 0 Å². The first-order chi connectivity index (χ1) is 12.6. The molecule has 2 aromatic heterocycles. The summed E-state index contributed by atoms with van der Waals surface area (Å²) in [6.07, 6.45) is 4.44. The summed E-state index contributed by atoms with van der Waals surface area (Å²) < 4.78 is 27.3. The first-order valence-electron chi connectivity index (χ1n) is 8.21. The van der Waals surface area contributed by atoms with Gasteiger partial charge >= 0.3 is 0 Å². The lowest BCUT2D eigenvalue weighted by Gasteiger charge is -2.15. The van der Waals surface area contributed by atoms with E-state index in [-0.39, 0.29) is 17.0 Å². The summed E-state index contributed by atoms with van der Waals surface area (Å²) in [5.74, 6) is -0.436. The van der Waals surface area contributed by atoms with Crippen molar-refractivity contribution in [2.75, 3.05) is 6.26 Å². The maximum atomic E-state index is 13.0. The zero-order chi connectivity index (χ0) is 19.9. The summed E-state index contributed by atoms with van der Waals surface area (Å²) in [4.78, 5) is 25.5. The van der Waals surface area contributed by atoms with Gasteiger partial charge in [-0.1, -0.05) is 0 Å². The fourth-order valence-electron chi connectivity index (χ4n) is 3.17. The van der Waals surface area contributed by atoms with Gasteiger partial charge in [-0.05, 0) is 43.2 Å². The lowest BCUT2D eigenvalue weighted by atomic mass is 9.95. The van der Waals surface area contributed by atoms with Crippen LogP contribution in [0, 0.1) is 13.8 Å². The molecule has 0 bridgehead atoms. The van der Waals surface area contributed by atoms with E-state index in [1.165, 1.54) is 23.9 Å². The number of nitrogens with one attached hydrogen (secondary N) is 1. The van der Waals surface area contributed by atoms with Gasteiger partial charge in [0, 0.05) is 37.0 Å². The summed E-state index contributed by atoms with van der Waals surface area (Å²) >= 11 is 0. The third kappa shape index (κ3) is 3.37. The molecule has 3 rings (SSSR count). The zero-order valence-corrected chi connectivity index (χ0v) is 16.3. The van der Waals surface area contributed by atoms with Crippen LogP contribution in [-0.2, 0) is 23.4 Å². The Morgan fingerprint density at radius 2 is 1.96 bits per heavy atom. The van der Waals surface area contributed by atoms with Gasteiger partial charge in [0.25, 0.3) is 5.56 Å². The molecule has 0 aliphatic carbocycles. The Hall–Kier alpha value is -2.94. The number of aromatic amines is 1. The van der Waals surface area contributed by atoms with Crippen molar-refractivity contribution in [2.24, 2.45) is 7.05 Å². The summed E-state index contributed by atoms with van der Waals surface area (Å²) in [7, 11) is -1.97. The lowest BCUT2D eigenvalue weighted by Crippen LogP contribution is -2.21. The van der Waals surface area contributed by atoms with Crippen molar-refractivity contribution in [3.63, 3.8) is 0 Å². The largest absolute Gasteiger partial charge is 0.299 e. The van der Waals surface area contributed by atoms with Crippen molar-refractivity contribution in [3.05, 3.63) is 68.9 Å². The first kappa shape index (κ1) is 18.8. The van der Waals surface area contributed by atoms with Gasteiger partial charge in [0.2, 0.25) is 5.78 Å². The molecule has 1 N–H and O–H groups in total. The molecular weight excluding hydrogens is 368 g/mol. The molecule has 0 unspecified atom stereocenters. The average Bonchev–Trinajstić information content (AvgIpc) is 3.16. The number of nitrogens with zero attached hydrogens (tertiary/aromatic N) is 3. The molecule has 0 saturated heterocycles. The monoisotopic (exact) mass is 388 g/mol. The number of sulfone groups is 1. The van der Waals surface area contributed by atoms with Gasteiger partial charge in [-0.25, -0.2) is 8.42 Å². The van der Waals surface area contributed by atoms with Gasteiger partial charge in [0.1, 0.15) is 5.56 Å². The van der Waals surface area contributed by atoms with Gasteiger partial charge in [0.05, 0.1) is 11.4 Å². The number of hydrogen-bond donors (Lipinski definition) is 1. The fraction of sp³-hybridized carbons (Fsp3) is 0.278. The Labute approximate surface area is 156 Å². The van der Waals surface area contributed by atoms with E-state index in [9.17, 15) is 18.0 Å². The highest BCUT2D eigenvalue weighted by Gasteiger charge is 2.25. The number of carbonyl (C=O) groups excluding carboxylic acids is 1. The standard InChI is InChI=1S/C18H20N4O4S/c1-11-13(17(23)16-12(2)20-21(3)18(16)24)6-7-15(27(4,25)26)14(11)10-22-9-5-8-19-22/h5-9,20H,10H2,1-4H3. The molecule has 0 spiro atoms. The molecule has 0 saturated carbocycles. The molecule has 0 aliphatic heterocycles. The van der Waals surface area contributed by atoms with Gasteiger partial charge < -0.3 is 0 Å². The Morgan fingerprint density at radius 3 is 2.48 bits per heavy atom.